The van der Waals surface area contributed by atoms with Crippen LogP contribution in [-0.4, -0.2) is 71.7 Å². The Balaban J connectivity index is 0.922. The first kappa shape index (κ1) is 32.0. The van der Waals surface area contributed by atoms with Crippen LogP contribution in [0.25, 0.3) is 0 Å². The fraction of sp³-hybridized carbons (Fsp3) is 0.364. The van der Waals surface area contributed by atoms with E-state index in [1.807, 2.05) is 24.1 Å². The number of anilines is 2. The maximum Gasteiger partial charge on any atom is 0.573 e. The SMILES string of the molecule is CN(Cc1ccc(OC(F)(F)F)cc1)c1ccc(CN2CCN(c3ccc(OC[C@H]4CCn5cc([N+](=O)[O-])nc5O4)cc3)CC2)cc1. The summed E-state index contributed by atoms with van der Waals surface area (Å²) in [5.41, 5.74) is 4.25. The Morgan fingerprint density at radius 3 is 2.26 bits per heavy atom. The largest absolute Gasteiger partial charge is 0.573 e. The minimum absolute atomic E-state index is 0.219. The molecule has 2 aliphatic heterocycles. The van der Waals surface area contributed by atoms with Crippen LogP contribution in [0.2, 0.25) is 0 Å². The van der Waals surface area contributed by atoms with E-state index in [-0.39, 0.29) is 23.7 Å². The summed E-state index contributed by atoms with van der Waals surface area (Å²) in [6, 6.07) is 22.6. The summed E-state index contributed by atoms with van der Waals surface area (Å²) < 4.78 is 54.6. The molecule has 248 valence electrons. The van der Waals surface area contributed by atoms with Crippen LogP contribution >= 0.6 is 0 Å². The molecule has 0 spiro atoms. The van der Waals surface area contributed by atoms with Crippen LogP contribution in [-0.2, 0) is 19.6 Å². The Labute approximate surface area is 269 Å². The molecule has 0 radical (unpaired) electrons. The summed E-state index contributed by atoms with van der Waals surface area (Å²) in [6.07, 6.45) is -2.86. The first-order valence-electron chi connectivity index (χ1n) is 15.3. The number of imidazole rings is 1. The zero-order chi connectivity index (χ0) is 33.0. The van der Waals surface area contributed by atoms with Gasteiger partial charge in [-0.15, -0.1) is 13.2 Å². The van der Waals surface area contributed by atoms with E-state index in [0.717, 1.165) is 55.4 Å². The molecule has 0 aliphatic carbocycles. The Morgan fingerprint density at radius 1 is 0.936 bits per heavy atom. The van der Waals surface area contributed by atoms with Gasteiger partial charge in [0.05, 0.1) is 0 Å². The molecule has 47 heavy (non-hydrogen) atoms. The number of aromatic nitrogens is 2. The van der Waals surface area contributed by atoms with E-state index in [1.54, 1.807) is 16.7 Å². The van der Waals surface area contributed by atoms with Crippen LogP contribution in [0.1, 0.15) is 17.5 Å². The Bertz CT molecular complexity index is 1640. The topological polar surface area (TPSA) is 98.4 Å². The van der Waals surface area contributed by atoms with Crippen LogP contribution in [0, 0.1) is 10.1 Å². The van der Waals surface area contributed by atoms with Gasteiger partial charge in [0.25, 0.3) is 0 Å². The van der Waals surface area contributed by atoms with Gasteiger partial charge in [-0.05, 0) is 64.6 Å². The number of ether oxygens (including phenoxy) is 3. The van der Waals surface area contributed by atoms with Crippen LogP contribution in [0.15, 0.2) is 79.0 Å². The van der Waals surface area contributed by atoms with E-state index in [1.165, 1.54) is 23.9 Å². The lowest BCUT2D eigenvalue weighted by Gasteiger charge is -2.36. The van der Waals surface area contributed by atoms with Crippen molar-refractivity contribution >= 4 is 17.2 Å². The molecule has 6 rings (SSSR count). The molecular weight excluding hydrogens is 617 g/mol. The predicted molar refractivity (Wildman–Crippen MR) is 169 cm³/mol. The van der Waals surface area contributed by atoms with Gasteiger partial charge in [0.1, 0.15) is 30.4 Å². The number of nitrogens with zero attached hydrogens (tertiary/aromatic N) is 6. The molecule has 1 fully saturated rings. The second-order valence-corrected chi connectivity index (χ2v) is 11.6. The number of benzene rings is 3. The van der Waals surface area contributed by atoms with Crippen LogP contribution in [0.4, 0.5) is 30.4 Å². The summed E-state index contributed by atoms with van der Waals surface area (Å²) >= 11 is 0. The van der Waals surface area contributed by atoms with Gasteiger partial charge in [0.15, 0.2) is 0 Å². The quantitative estimate of drug-likeness (QED) is 0.145. The molecule has 0 saturated carbocycles. The Hall–Kier alpha value is -4.98. The lowest BCUT2D eigenvalue weighted by molar-refractivity contribution is -0.389. The van der Waals surface area contributed by atoms with Gasteiger partial charge in [-0.25, -0.2) is 0 Å². The van der Waals surface area contributed by atoms with E-state index >= 15 is 0 Å². The zero-order valence-electron chi connectivity index (χ0n) is 25.8. The average Bonchev–Trinajstić information content (AvgIpc) is 3.49. The fourth-order valence-corrected chi connectivity index (χ4v) is 5.72. The van der Waals surface area contributed by atoms with E-state index in [2.05, 4.69) is 55.9 Å². The van der Waals surface area contributed by atoms with E-state index in [4.69, 9.17) is 9.47 Å². The first-order valence-corrected chi connectivity index (χ1v) is 15.3. The van der Waals surface area contributed by atoms with Gasteiger partial charge in [-0.1, -0.05) is 24.3 Å². The van der Waals surface area contributed by atoms with E-state index < -0.39 is 11.3 Å². The molecule has 0 unspecified atom stereocenters. The van der Waals surface area contributed by atoms with Gasteiger partial charge in [-0.3, -0.25) is 9.47 Å². The predicted octanol–water partition coefficient (Wildman–Crippen LogP) is 5.88. The molecule has 0 bridgehead atoms. The molecule has 0 amide bonds. The molecule has 11 nitrogen and oxygen atoms in total. The molecule has 3 heterocycles. The monoisotopic (exact) mass is 652 g/mol. The number of piperazine rings is 1. The minimum atomic E-state index is -4.70. The fourth-order valence-electron chi connectivity index (χ4n) is 5.72. The molecule has 1 atom stereocenters. The van der Waals surface area contributed by atoms with Gasteiger partial charge < -0.3 is 34.1 Å². The standard InChI is InChI=1S/C33H35F3N6O5/c1-38(20-24-4-10-29(11-5-24)47-33(34,35)36)26-6-2-25(3-7-26)21-39-16-18-40(19-17-39)27-8-12-28(13-9-27)45-23-30-14-15-41-22-31(42(43)44)37-32(41)46-30/h2-13,22,30H,14-21,23H2,1H3/t30-/m1/s1. The van der Waals surface area contributed by atoms with Crippen molar-refractivity contribution in [3.63, 3.8) is 0 Å². The zero-order valence-corrected chi connectivity index (χ0v) is 25.8. The van der Waals surface area contributed by atoms with Gasteiger partial charge in [0, 0.05) is 75.6 Å². The van der Waals surface area contributed by atoms with Gasteiger partial charge in [-0.2, -0.15) is 0 Å². The molecule has 1 aromatic heterocycles. The molecular formula is C33H35F3N6O5. The molecule has 2 aliphatic rings. The highest BCUT2D eigenvalue weighted by atomic mass is 19.4. The number of rotatable bonds is 11. The third-order valence-electron chi connectivity index (χ3n) is 8.25. The minimum Gasteiger partial charge on any atom is -0.490 e. The lowest BCUT2D eigenvalue weighted by Crippen LogP contribution is -2.45. The van der Waals surface area contributed by atoms with Crippen molar-refractivity contribution in [1.29, 1.82) is 0 Å². The van der Waals surface area contributed by atoms with Gasteiger partial charge >= 0.3 is 18.2 Å². The van der Waals surface area contributed by atoms with Gasteiger partial charge in [0.2, 0.25) is 0 Å². The first-order chi connectivity index (χ1) is 22.6. The van der Waals surface area contributed by atoms with Crippen molar-refractivity contribution < 1.29 is 32.3 Å². The number of alkyl halides is 3. The van der Waals surface area contributed by atoms with Crippen molar-refractivity contribution in [2.45, 2.75) is 38.5 Å². The summed E-state index contributed by atoms with van der Waals surface area (Å²) in [7, 11) is 1.95. The average molecular weight is 653 g/mol. The second kappa shape index (κ2) is 13.8. The van der Waals surface area contributed by atoms with Crippen LogP contribution < -0.4 is 24.0 Å². The number of hydrogen-bond acceptors (Lipinski definition) is 9. The molecule has 4 aromatic rings. The van der Waals surface area contributed by atoms with Crippen molar-refractivity contribution in [2.24, 2.45) is 0 Å². The highest BCUT2D eigenvalue weighted by molar-refractivity contribution is 5.50. The van der Waals surface area contributed by atoms with E-state index in [9.17, 15) is 23.3 Å². The summed E-state index contributed by atoms with van der Waals surface area (Å²) in [4.78, 5) is 21.2. The maximum absolute atomic E-state index is 12.4. The number of aryl methyl sites for hydroxylation is 1. The number of hydrogen-bond donors (Lipinski definition) is 0. The Morgan fingerprint density at radius 2 is 1.60 bits per heavy atom. The van der Waals surface area contributed by atoms with Crippen molar-refractivity contribution in [3.8, 4) is 17.5 Å². The lowest BCUT2D eigenvalue weighted by atomic mass is 10.1. The van der Waals surface area contributed by atoms with Crippen LogP contribution in [0.5, 0.6) is 17.5 Å². The second-order valence-electron chi connectivity index (χ2n) is 11.6. The van der Waals surface area contributed by atoms with Crippen molar-refractivity contribution in [2.75, 3.05) is 49.6 Å². The maximum atomic E-state index is 12.4. The summed E-state index contributed by atoms with van der Waals surface area (Å²) in [5.74, 6) is 0.288. The smallest absolute Gasteiger partial charge is 0.490 e. The molecule has 1 saturated heterocycles. The highest BCUT2D eigenvalue weighted by Gasteiger charge is 2.31. The molecule has 0 N–H and O–H groups in total. The summed E-state index contributed by atoms with van der Waals surface area (Å²) in [6.45, 7) is 5.99. The third kappa shape index (κ3) is 8.44. The number of halogens is 3. The highest BCUT2D eigenvalue weighted by Crippen LogP contribution is 2.27. The van der Waals surface area contributed by atoms with Crippen molar-refractivity contribution in [3.05, 3.63) is 100 Å². The van der Waals surface area contributed by atoms with E-state index in [0.29, 0.717) is 26.1 Å². The van der Waals surface area contributed by atoms with Crippen LogP contribution in [0.3, 0.4) is 0 Å². The summed E-state index contributed by atoms with van der Waals surface area (Å²) in [5, 5.41) is 11.0. The molecule has 3 aromatic carbocycles. The Kier molecular flexibility index (Phi) is 9.38. The number of fused-ring (bicyclic) bond motifs is 1. The van der Waals surface area contributed by atoms with Crippen molar-refractivity contribution in [1.82, 2.24) is 14.5 Å². The normalized spacial score (nSPS) is 16.7. The molecule has 14 heteroatoms. The third-order valence-corrected chi connectivity index (χ3v) is 8.25. The number of nitro groups is 1.